The number of hydrogen-bond acceptors (Lipinski definition) is 4. The first-order valence-electron chi connectivity index (χ1n) is 6.03. The number of allylic oxidation sites excluding steroid dienone is 1. The molecule has 0 aromatic heterocycles. The van der Waals surface area contributed by atoms with Crippen molar-refractivity contribution in [1.82, 2.24) is 0 Å². The van der Waals surface area contributed by atoms with Crippen LogP contribution in [0.2, 0.25) is 0 Å². The molecule has 0 aliphatic rings. The Kier molecular flexibility index (Phi) is 5.10. The lowest BCUT2D eigenvalue weighted by Crippen LogP contribution is -2.03. The largest absolute Gasteiger partial charge is 0.423 e. The third-order valence-electron chi connectivity index (χ3n) is 2.24. The third-order valence-corrected chi connectivity index (χ3v) is 2.24. The Balaban J connectivity index is 1.77. The summed E-state index contributed by atoms with van der Waals surface area (Å²) in [5, 5.41) is 3.70. The van der Waals surface area contributed by atoms with Crippen molar-refractivity contribution in [2.75, 3.05) is 0 Å². The molecule has 0 saturated carbocycles. The van der Waals surface area contributed by atoms with Crippen LogP contribution in [0.1, 0.15) is 0 Å². The number of rotatable bonds is 5. The zero-order chi connectivity index (χ0) is 14.0. The SMILES string of the molecule is O=C(/C=C/C=N/Oc1ccccc1)Oc1ccccc1. The highest BCUT2D eigenvalue weighted by Gasteiger charge is 1.97. The second-order valence-electron chi connectivity index (χ2n) is 3.75. The lowest BCUT2D eigenvalue weighted by molar-refractivity contribution is -0.128. The molecule has 0 N–H and O–H groups in total. The number of ether oxygens (including phenoxy) is 1. The zero-order valence-electron chi connectivity index (χ0n) is 10.7. The quantitative estimate of drug-likeness (QED) is 0.275. The standard InChI is InChI=1S/C16H13NO3/c18-16(19-14-8-3-1-4-9-14)12-7-13-17-20-15-10-5-2-6-11-15/h1-13H/b12-7+,17-13+. The Labute approximate surface area is 116 Å². The minimum Gasteiger partial charge on any atom is -0.423 e. The smallest absolute Gasteiger partial charge is 0.336 e. The summed E-state index contributed by atoms with van der Waals surface area (Å²) >= 11 is 0. The monoisotopic (exact) mass is 267 g/mol. The summed E-state index contributed by atoms with van der Waals surface area (Å²) < 4.78 is 5.05. The summed E-state index contributed by atoms with van der Waals surface area (Å²) in [4.78, 5) is 16.5. The fourth-order valence-electron chi connectivity index (χ4n) is 1.37. The molecule has 0 saturated heterocycles. The highest BCUT2D eigenvalue weighted by molar-refractivity contribution is 5.88. The lowest BCUT2D eigenvalue weighted by Gasteiger charge is -1.98. The number of carbonyl (C=O) groups excluding carboxylic acids is 1. The minimum absolute atomic E-state index is 0.470. The predicted molar refractivity (Wildman–Crippen MR) is 76.8 cm³/mol. The molecule has 2 aromatic carbocycles. The maximum atomic E-state index is 11.4. The lowest BCUT2D eigenvalue weighted by atomic mass is 10.3. The molecule has 0 radical (unpaired) electrons. The molecule has 0 fully saturated rings. The van der Waals surface area contributed by atoms with Crippen LogP contribution in [0, 0.1) is 0 Å². The molecule has 20 heavy (non-hydrogen) atoms. The van der Waals surface area contributed by atoms with Crippen molar-refractivity contribution in [2.45, 2.75) is 0 Å². The summed E-state index contributed by atoms with van der Waals surface area (Å²) in [6.07, 6.45) is 4.10. The highest BCUT2D eigenvalue weighted by atomic mass is 16.6. The van der Waals surface area contributed by atoms with Gasteiger partial charge in [0.15, 0.2) is 5.75 Å². The Hall–Kier alpha value is -2.88. The van der Waals surface area contributed by atoms with E-state index < -0.39 is 5.97 Å². The number of carbonyl (C=O) groups is 1. The van der Waals surface area contributed by atoms with Crippen molar-refractivity contribution >= 4 is 12.2 Å². The van der Waals surface area contributed by atoms with Crippen LogP contribution in [0.4, 0.5) is 0 Å². The first-order valence-corrected chi connectivity index (χ1v) is 6.03. The highest BCUT2D eigenvalue weighted by Crippen LogP contribution is 2.09. The fourth-order valence-corrected chi connectivity index (χ4v) is 1.37. The van der Waals surface area contributed by atoms with Gasteiger partial charge in [0.05, 0.1) is 6.21 Å². The van der Waals surface area contributed by atoms with E-state index in [1.54, 1.807) is 36.4 Å². The molecule has 2 aromatic rings. The molecule has 0 heterocycles. The molecule has 0 aliphatic carbocycles. The van der Waals surface area contributed by atoms with Gasteiger partial charge in [-0.25, -0.2) is 4.79 Å². The molecule has 0 aliphatic heterocycles. The van der Waals surface area contributed by atoms with Gasteiger partial charge >= 0.3 is 5.97 Å². The van der Waals surface area contributed by atoms with Crippen molar-refractivity contribution < 1.29 is 14.4 Å². The molecule has 2 rings (SSSR count). The van der Waals surface area contributed by atoms with Gasteiger partial charge in [-0.05, 0) is 30.3 Å². The first kappa shape index (κ1) is 13.5. The molecule has 100 valence electrons. The molecule has 0 amide bonds. The van der Waals surface area contributed by atoms with Crippen molar-refractivity contribution in [3.8, 4) is 11.5 Å². The van der Waals surface area contributed by atoms with E-state index in [4.69, 9.17) is 9.57 Å². The number of nitrogens with zero attached hydrogens (tertiary/aromatic N) is 1. The van der Waals surface area contributed by atoms with Crippen LogP contribution < -0.4 is 9.57 Å². The fraction of sp³-hybridized carbons (Fsp3) is 0. The Bertz CT molecular complexity index is 592. The van der Waals surface area contributed by atoms with Gasteiger partial charge in [-0.3, -0.25) is 0 Å². The molecule has 0 bridgehead atoms. The van der Waals surface area contributed by atoms with Crippen LogP contribution in [0.3, 0.4) is 0 Å². The van der Waals surface area contributed by atoms with Crippen molar-refractivity contribution in [1.29, 1.82) is 0 Å². The van der Waals surface area contributed by atoms with Gasteiger partial charge in [0.25, 0.3) is 0 Å². The summed E-state index contributed by atoms with van der Waals surface area (Å²) in [6, 6.07) is 18.0. The average molecular weight is 267 g/mol. The van der Waals surface area contributed by atoms with Gasteiger partial charge in [0.1, 0.15) is 5.75 Å². The van der Waals surface area contributed by atoms with Crippen LogP contribution >= 0.6 is 0 Å². The number of para-hydroxylation sites is 2. The molecule has 0 atom stereocenters. The Morgan fingerprint density at radius 1 is 0.900 bits per heavy atom. The van der Waals surface area contributed by atoms with Gasteiger partial charge in [0.2, 0.25) is 0 Å². The molecule has 0 unspecified atom stereocenters. The number of benzene rings is 2. The van der Waals surface area contributed by atoms with Crippen LogP contribution in [-0.2, 0) is 4.79 Å². The maximum Gasteiger partial charge on any atom is 0.336 e. The van der Waals surface area contributed by atoms with Gasteiger partial charge in [-0.15, -0.1) is 0 Å². The van der Waals surface area contributed by atoms with Gasteiger partial charge < -0.3 is 9.57 Å². The summed E-state index contributed by atoms with van der Waals surface area (Å²) in [6.45, 7) is 0. The van der Waals surface area contributed by atoms with Crippen molar-refractivity contribution in [3.63, 3.8) is 0 Å². The zero-order valence-corrected chi connectivity index (χ0v) is 10.7. The summed E-state index contributed by atoms with van der Waals surface area (Å²) in [5.41, 5.74) is 0. The Morgan fingerprint density at radius 2 is 1.50 bits per heavy atom. The van der Waals surface area contributed by atoms with E-state index in [1.165, 1.54) is 18.4 Å². The maximum absolute atomic E-state index is 11.4. The van der Waals surface area contributed by atoms with E-state index in [0.717, 1.165) is 0 Å². The normalized spacial score (nSPS) is 10.8. The van der Waals surface area contributed by atoms with Crippen molar-refractivity contribution in [2.24, 2.45) is 5.16 Å². The average Bonchev–Trinajstić information content (AvgIpc) is 2.49. The molecular weight excluding hydrogens is 254 g/mol. The molecule has 4 nitrogen and oxygen atoms in total. The number of hydrogen-bond donors (Lipinski definition) is 0. The van der Waals surface area contributed by atoms with E-state index in [-0.39, 0.29) is 0 Å². The second kappa shape index (κ2) is 7.53. The molecule has 4 heteroatoms. The minimum atomic E-state index is -0.470. The van der Waals surface area contributed by atoms with Crippen LogP contribution in [0.5, 0.6) is 11.5 Å². The van der Waals surface area contributed by atoms with Crippen LogP contribution in [0.25, 0.3) is 0 Å². The predicted octanol–water partition coefficient (Wildman–Crippen LogP) is 3.21. The van der Waals surface area contributed by atoms with Gasteiger partial charge in [-0.2, -0.15) is 0 Å². The van der Waals surface area contributed by atoms with E-state index >= 15 is 0 Å². The van der Waals surface area contributed by atoms with E-state index in [2.05, 4.69) is 5.16 Å². The second-order valence-corrected chi connectivity index (χ2v) is 3.75. The van der Waals surface area contributed by atoms with E-state index in [0.29, 0.717) is 11.5 Å². The summed E-state index contributed by atoms with van der Waals surface area (Å²) in [5.74, 6) is 0.658. The number of oxime groups is 1. The van der Waals surface area contributed by atoms with Gasteiger partial charge in [-0.1, -0.05) is 41.6 Å². The van der Waals surface area contributed by atoms with Crippen LogP contribution in [-0.4, -0.2) is 12.2 Å². The number of esters is 1. The topological polar surface area (TPSA) is 47.9 Å². The van der Waals surface area contributed by atoms with Crippen molar-refractivity contribution in [3.05, 3.63) is 72.8 Å². The van der Waals surface area contributed by atoms with E-state index in [1.807, 2.05) is 24.3 Å². The summed E-state index contributed by atoms with van der Waals surface area (Å²) in [7, 11) is 0. The van der Waals surface area contributed by atoms with Gasteiger partial charge in [0, 0.05) is 6.08 Å². The van der Waals surface area contributed by atoms with Crippen LogP contribution in [0.15, 0.2) is 78.0 Å². The third kappa shape index (κ3) is 4.78. The molecule has 0 spiro atoms. The first-order chi connectivity index (χ1) is 9.84. The van der Waals surface area contributed by atoms with E-state index in [9.17, 15) is 4.79 Å². The Morgan fingerprint density at radius 3 is 2.15 bits per heavy atom. The molecular formula is C16H13NO3.